The summed E-state index contributed by atoms with van der Waals surface area (Å²) in [7, 11) is 3.25. The Morgan fingerprint density at radius 1 is 1.29 bits per heavy atom. The summed E-state index contributed by atoms with van der Waals surface area (Å²) >= 11 is 0. The van der Waals surface area contributed by atoms with Gasteiger partial charge in [-0.1, -0.05) is 12.7 Å². The second-order valence-corrected chi connectivity index (χ2v) is 8.67. The van der Waals surface area contributed by atoms with Crippen LogP contribution >= 0.6 is 0 Å². The zero-order valence-electron chi connectivity index (χ0n) is 20.0. The number of nitriles is 1. The summed E-state index contributed by atoms with van der Waals surface area (Å²) in [5, 5.41) is 17.7. The van der Waals surface area contributed by atoms with Gasteiger partial charge in [0.1, 0.15) is 23.5 Å². The van der Waals surface area contributed by atoms with E-state index in [1.165, 1.54) is 6.26 Å². The predicted octanol–water partition coefficient (Wildman–Crippen LogP) is 4.15. The smallest absolute Gasteiger partial charge is 0.268 e. The number of aryl methyl sites for hydroxylation is 1. The molecule has 1 atom stereocenters. The van der Waals surface area contributed by atoms with Gasteiger partial charge in [0.15, 0.2) is 11.5 Å². The normalized spacial score (nSPS) is 15.7. The van der Waals surface area contributed by atoms with E-state index in [2.05, 4.69) is 16.3 Å². The van der Waals surface area contributed by atoms with E-state index in [0.717, 1.165) is 48.2 Å². The number of fused-ring (bicyclic) bond motifs is 1. The predicted molar refractivity (Wildman–Crippen MR) is 131 cm³/mol. The zero-order chi connectivity index (χ0) is 24.4. The van der Waals surface area contributed by atoms with Crippen LogP contribution in [0.2, 0.25) is 12.6 Å². The van der Waals surface area contributed by atoms with Gasteiger partial charge in [-0.25, -0.2) is 20.2 Å². The minimum absolute atomic E-state index is 0.0441. The fraction of sp³-hybridized carbons (Fsp3) is 0.375. The van der Waals surface area contributed by atoms with Crippen molar-refractivity contribution in [3.63, 3.8) is 0 Å². The van der Waals surface area contributed by atoms with Crippen molar-refractivity contribution in [2.24, 2.45) is 0 Å². The second kappa shape index (κ2) is 9.66. The van der Waals surface area contributed by atoms with E-state index in [4.69, 9.17) is 29.0 Å². The lowest BCUT2D eigenvalue weighted by molar-refractivity contribution is 0.391. The molecule has 10 nitrogen and oxygen atoms in total. The maximum Gasteiger partial charge on any atom is 0.268 e. The summed E-state index contributed by atoms with van der Waals surface area (Å²) < 4.78 is 18.1. The highest BCUT2D eigenvalue weighted by Crippen LogP contribution is 2.34. The largest absolute Gasteiger partial charge is 0.497 e. The number of hydrogen-bond donors (Lipinski definition) is 1. The van der Waals surface area contributed by atoms with Gasteiger partial charge in [-0.2, -0.15) is 4.52 Å². The molecule has 35 heavy (non-hydrogen) atoms. The number of oxazole rings is 1. The van der Waals surface area contributed by atoms with Gasteiger partial charge < -0.3 is 19.2 Å². The Labute approximate surface area is 203 Å². The maximum atomic E-state index is 9.43. The number of methoxy groups -OCH3 is 2. The highest BCUT2D eigenvalue weighted by Gasteiger charge is 2.30. The average molecular weight is 471 g/mol. The maximum absolute atomic E-state index is 9.43. The Kier molecular flexibility index (Phi) is 6.27. The summed E-state index contributed by atoms with van der Waals surface area (Å²) in [6.07, 6.45) is 6.80. The molecular formula is C24H26BN7O3. The molecule has 1 fully saturated rings. The van der Waals surface area contributed by atoms with Gasteiger partial charge in [0.05, 0.1) is 20.4 Å². The molecule has 0 radical (unpaired) electrons. The molecule has 4 aromatic rings. The monoisotopic (exact) mass is 471 g/mol. The van der Waals surface area contributed by atoms with E-state index in [9.17, 15) is 5.26 Å². The molecular weight excluding hydrogens is 445 g/mol. The molecule has 1 aliphatic rings. The molecule has 4 heterocycles. The van der Waals surface area contributed by atoms with Crippen LogP contribution in [0.4, 0.5) is 5.95 Å². The summed E-state index contributed by atoms with van der Waals surface area (Å²) in [6, 6.07) is 5.68. The summed E-state index contributed by atoms with van der Waals surface area (Å²) in [6.45, 7) is 2.43. The van der Waals surface area contributed by atoms with Gasteiger partial charge in [-0.05, 0) is 31.8 Å². The third-order valence-corrected chi connectivity index (χ3v) is 6.52. The number of rotatable bonds is 7. The van der Waals surface area contributed by atoms with Crippen molar-refractivity contribution in [1.29, 1.82) is 5.26 Å². The summed E-state index contributed by atoms with van der Waals surface area (Å²) in [5.74, 6) is 5.66. The number of ether oxygens (including phenoxy) is 2. The number of nitrogens with zero attached hydrogens (tertiary/aromatic N) is 6. The molecule has 11 heteroatoms. The van der Waals surface area contributed by atoms with Crippen LogP contribution in [0.1, 0.15) is 35.7 Å². The molecule has 1 aliphatic heterocycles. The number of nitrogens with one attached hydrogen (secondary N) is 1. The molecule has 0 amide bonds. The first-order chi connectivity index (χ1) is 17.1. The number of anilines is 1. The summed E-state index contributed by atoms with van der Waals surface area (Å²) in [5.41, 5.74) is 3.05. The van der Waals surface area contributed by atoms with Crippen molar-refractivity contribution in [3.05, 3.63) is 47.6 Å². The van der Waals surface area contributed by atoms with Gasteiger partial charge in [-0.15, -0.1) is 5.10 Å². The lowest BCUT2D eigenvalue weighted by atomic mass is 9.41. The lowest BCUT2D eigenvalue weighted by Crippen LogP contribution is -2.20. The number of aromatic nitrogens is 5. The first-order valence-electron chi connectivity index (χ1n) is 11.6. The third kappa shape index (κ3) is 4.39. The number of hydrogen-bond acceptors (Lipinski definition) is 9. The lowest BCUT2D eigenvalue weighted by Gasteiger charge is -2.20. The summed E-state index contributed by atoms with van der Waals surface area (Å²) in [4.78, 5) is 14.0. The topological polar surface area (TPSA) is 123 Å². The van der Waals surface area contributed by atoms with Crippen molar-refractivity contribution in [3.8, 4) is 29.1 Å². The number of benzene rings is 1. The van der Waals surface area contributed by atoms with Gasteiger partial charge >= 0.3 is 0 Å². The highest BCUT2D eigenvalue weighted by molar-refractivity contribution is 6.67. The van der Waals surface area contributed by atoms with Gasteiger partial charge in [0.2, 0.25) is 11.8 Å². The SMILES string of the molecule is COc1ccc(CNc2nc(-c3ncco3)c(C)c3nc(C4CCCB(C#N)C4)nn23)c(OC)c1. The van der Waals surface area contributed by atoms with E-state index in [-0.39, 0.29) is 12.6 Å². The van der Waals surface area contributed by atoms with Crippen LogP contribution in [0.25, 0.3) is 17.2 Å². The average Bonchev–Trinajstić information content (AvgIpc) is 3.59. The van der Waals surface area contributed by atoms with Gasteiger partial charge in [0, 0.05) is 35.6 Å². The molecule has 0 bridgehead atoms. The van der Waals surface area contributed by atoms with E-state index in [0.29, 0.717) is 35.5 Å². The molecule has 1 unspecified atom stereocenters. The Morgan fingerprint density at radius 2 is 2.17 bits per heavy atom. The van der Waals surface area contributed by atoms with Crippen molar-refractivity contribution >= 4 is 18.3 Å². The van der Waals surface area contributed by atoms with Crippen molar-refractivity contribution in [1.82, 2.24) is 24.6 Å². The van der Waals surface area contributed by atoms with Gasteiger partial charge in [-0.3, -0.25) is 0 Å². The molecule has 0 spiro atoms. The Balaban J connectivity index is 1.54. The minimum atomic E-state index is 0.0441. The molecule has 3 aromatic heterocycles. The van der Waals surface area contributed by atoms with Gasteiger partial charge in [0.25, 0.3) is 6.71 Å². The first kappa shape index (κ1) is 22.7. The molecule has 1 N–H and O–H groups in total. The molecule has 1 aromatic carbocycles. The zero-order valence-corrected chi connectivity index (χ0v) is 20.0. The fourth-order valence-corrected chi connectivity index (χ4v) is 4.61. The second-order valence-electron chi connectivity index (χ2n) is 8.67. The fourth-order valence-electron chi connectivity index (χ4n) is 4.61. The van der Waals surface area contributed by atoms with E-state index < -0.39 is 0 Å². The third-order valence-electron chi connectivity index (χ3n) is 6.52. The molecule has 5 rings (SSSR count). The highest BCUT2D eigenvalue weighted by atomic mass is 16.5. The molecule has 1 saturated heterocycles. The van der Waals surface area contributed by atoms with E-state index >= 15 is 0 Å². The Morgan fingerprint density at radius 3 is 2.91 bits per heavy atom. The van der Waals surface area contributed by atoms with Crippen molar-refractivity contribution in [2.75, 3.05) is 19.5 Å². The van der Waals surface area contributed by atoms with Crippen LogP contribution in [-0.2, 0) is 6.54 Å². The molecule has 0 aliphatic carbocycles. The van der Waals surface area contributed by atoms with Crippen LogP contribution in [0.3, 0.4) is 0 Å². The first-order valence-corrected chi connectivity index (χ1v) is 11.6. The quantitative estimate of drug-likeness (QED) is 0.396. The Bertz CT molecular complexity index is 1380. The molecule has 0 saturated carbocycles. The van der Waals surface area contributed by atoms with Crippen LogP contribution < -0.4 is 14.8 Å². The van der Waals surface area contributed by atoms with Crippen molar-refractivity contribution < 1.29 is 13.9 Å². The van der Waals surface area contributed by atoms with Crippen LogP contribution in [0.15, 0.2) is 35.1 Å². The van der Waals surface area contributed by atoms with Crippen LogP contribution in [0.5, 0.6) is 11.5 Å². The van der Waals surface area contributed by atoms with Crippen molar-refractivity contribution in [2.45, 2.75) is 44.9 Å². The molecule has 178 valence electrons. The standard InChI is InChI=1S/C24H26BN7O3/c1-15-20(23-27-9-10-35-23)29-24(28-13-17-6-7-18(33-2)11-19(17)34-3)32-22(15)30-21(31-32)16-5-4-8-25(12-16)14-26/h6-7,9-11,16H,4-5,8,12-13H2,1-3H3,(H,28,29). The van der Waals surface area contributed by atoms with Crippen LogP contribution in [0, 0.1) is 18.2 Å². The van der Waals surface area contributed by atoms with E-state index in [1.54, 1.807) is 24.9 Å². The minimum Gasteiger partial charge on any atom is -0.497 e. The van der Waals surface area contributed by atoms with Crippen LogP contribution in [-0.4, -0.2) is 45.5 Å². The van der Waals surface area contributed by atoms with E-state index in [1.807, 2.05) is 25.1 Å². The Hall–Kier alpha value is -4.07.